The molecule has 7 heteroatoms. The number of pyridine rings is 2. The highest BCUT2D eigenvalue weighted by molar-refractivity contribution is 6.06. The molecule has 2 aromatic heterocycles. The summed E-state index contributed by atoms with van der Waals surface area (Å²) in [5.74, 6) is -1.35. The molecule has 7 nitrogen and oxygen atoms in total. The first-order chi connectivity index (χ1) is 13.0. The molecule has 140 valence electrons. The molecule has 2 N–H and O–H groups in total. The van der Waals surface area contributed by atoms with Gasteiger partial charge in [-0.2, -0.15) is 0 Å². The van der Waals surface area contributed by atoms with E-state index < -0.39 is 11.4 Å². The molecule has 0 aliphatic heterocycles. The Morgan fingerprint density at radius 1 is 1.26 bits per heavy atom. The fourth-order valence-corrected chi connectivity index (χ4v) is 3.10. The molecule has 0 aliphatic rings. The maximum atomic E-state index is 12.7. The van der Waals surface area contributed by atoms with Crippen LogP contribution in [0.15, 0.2) is 35.4 Å². The predicted octanol–water partition coefficient (Wildman–Crippen LogP) is 3.04. The number of benzene rings is 1. The van der Waals surface area contributed by atoms with Crippen molar-refractivity contribution in [3.63, 3.8) is 0 Å². The van der Waals surface area contributed by atoms with Crippen molar-refractivity contribution in [1.82, 2.24) is 14.9 Å². The van der Waals surface area contributed by atoms with Crippen molar-refractivity contribution in [2.24, 2.45) is 0 Å². The summed E-state index contributed by atoms with van der Waals surface area (Å²) in [4.78, 5) is 45.2. The summed E-state index contributed by atoms with van der Waals surface area (Å²) in [6, 6.07) is 5.00. The Bertz CT molecular complexity index is 1090. The van der Waals surface area contributed by atoms with E-state index in [1.165, 1.54) is 12.4 Å². The number of rotatable bonds is 6. The number of amides is 1. The number of carboxylic acid groups (broad SMARTS) is 1. The summed E-state index contributed by atoms with van der Waals surface area (Å²) in [5.41, 5.74) is 0.596. The number of carbonyl (C=O) groups is 2. The lowest BCUT2D eigenvalue weighted by Crippen LogP contribution is -2.31. The number of aromatic carboxylic acids is 1. The number of aromatic nitrogens is 2. The fourth-order valence-electron chi connectivity index (χ4n) is 3.10. The number of hydrogen-bond acceptors (Lipinski definition) is 4. The number of nitrogens with one attached hydrogen (secondary N) is 1. The molecule has 1 amide bonds. The smallest absolute Gasteiger partial charge is 0.341 e. The van der Waals surface area contributed by atoms with Crippen molar-refractivity contribution in [2.45, 2.75) is 26.7 Å². The van der Waals surface area contributed by atoms with E-state index in [0.717, 1.165) is 12.8 Å². The first-order valence-electron chi connectivity index (χ1n) is 8.94. The van der Waals surface area contributed by atoms with E-state index in [0.29, 0.717) is 35.1 Å². The minimum Gasteiger partial charge on any atom is -0.477 e. The lowest BCUT2D eigenvalue weighted by atomic mass is 10.1. The Balaban J connectivity index is 2.08. The van der Waals surface area contributed by atoms with Crippen LogP contribution in [0, 0.1) is 0 Å². The summed E-state index contributed by atoms with van der Waals surface area (Å²) in [6.45, 7) is 5.35. The monoisotopic (exact) mass is 367 g/mol. The van der Waals surface area contributed by atoms with Crippen molar-refractivity contribution >= 4 is 33.7 Å². The minimum atomic E-state index is -1.28. The summed E-state index contributed by atoms with van der Waals surface area (Å²) in [5, 5.41) is 10.1. The van der Waals surface area contributed by atoms with Gasteiger partial charge >= 0.3 is 5.97 Å². The maximum absolute atomic E-state index is 12.7. The number of carboxylic acids is 1. The van der Waals surface area contributed by atoms with Gasteiger partial charge in [0.2, 0.25) is 5.43 Å². The average molecular weight is 367 g/mol. The van der Waals surface area contributed by atoms with Crippen molar-refractivity contribution in [2.75, 3.05) is 13.1 Å². The van der Waals surface area contributed by atoms with E-state index in [9.17, 15) is 14.4 Å². The van der Waals surface area contributed by atoms with E-state index in [4.69, 9.17) is 5.11 Å². The van der Waals surface area contributed by atoms with Crippen molar-refractivity contribution in [3.8, 4) is 0 Å². The number of nitrogens with zero attached hydrogens (tertiary/aromatic N) is 2. The lowest BCUT2D eigenvalue weighted by Gasteiger charge is -2.20. The molecule has 0 saturated carbocycles. The van der Waals surface area contributed by atoms with E-state index in [2.05, 4.69) is 16.9 Å². The van der Waals surface area contributed by atoms with E-state index >= 15 is 0 Å². The minimum absolute atomic E-state index is 0.0739. The quantitative estimate of drug-likeness (QED) is 0.652. The average Bonchev–Trinajstić information content (AvgIpc) is 2.67. The van der Waals surface area contributed by atoms with Gasteiger partial charge < -0.3 is 15.0 Å². The van der Waals surface area contributed by atoms with Gasteiger partial charge in [0, 0.05) is 36.3 Å². The fraction of sp³-hybridized carbons (Fsp3) is 0.300. The zero-order valence-electron chi connectivity index (χ0n) is 15.3. The molecule has 3 aromatic rings. The second kappa shape index (κ2) is 7.57. The topological polar surface area (TPSA) is 103 Å². The third kappa shape index (κ3) is 3.40. The van der Waals surface area contributed by atoms with E-state index in [-0.39, 0.29) is 16.9 Å². The normalized spacial score (nSPS) is 11.0. The Kier molecular flexibility index (Phi) is 5.21. The molecule has 0 saturated heterocycles. The third-order valence-corrected chi connectivity index (χ3v) is 4.63. The molecule has 0 unspecified atom stereocenters. The molecule has 3 rings (SSSR count). The standard InChI is InChI=1S/C20H21N3O4/c1-3-5-8-23(4-2)19(25)13-9-12-6-7-14-17(16(12)21-10-13)22-11-15(18(14)24)20(26)27/h6-7,9-11H,3-5,8H2,1-2H3,(H,22,24)(H,26,27). The number of H-pyrrole nitrogens is 1. The lowest BCUT2D eigenvalue weighted by molar-refractivity contribution is 0.0694. The highest BCUT2D eigenvalue weighted by atomic mass is 16.4. The Hall–Kier alpha value is -3.22. The number of aromatic amines is 1. The van der Waals surface area contributed by atoms with Gasteiger partial charge in [-0.25, -0.2) is 4.79 Å². The molecule has 0 fully saturated rings. The highest BCUT2D eigenvalue weighted by Gasteiger charge is 2.17. The number of unbranched alkanes of at least 4 members (excludes halogenated alkanes) is 1. The molecule has 0 aliphatic carbocycles. The van der Waals surface area contributed by atoms with Gasteiger partial charge in [-0.05, 0) is 25.5 Å². The SMILES string of the molecule is CCCCN(CC)C(=O)c1cnc2c(ccc3c(=O)c(C(=O)O)c[nH]c32)c1. The van der Waals surface area contributed by atoms with Crippen LogP contribution in [-0.2, 0) is 0 Å². The number of fused-ring (bicyclic) bond motifs is 3. The molecule has 0 spiro atoms. The molecule has 2 heterocycles. The summed E-state index contributed by atoms with van der Waals surface area (Å²) in [6.07, 6.45) is 4.63. The van der Waals surface area contributed by atoms with Crippen molar-refractivity contribution in [3.05, 3.63) is 51.9 Å². The van der Waals surface area contributed by atoms with Crippen LogP contribution in [0.3, 0.4) is 0 Å². The predicted molar refractivity (Wildman–Crippen MR) is 103 cm³/mol. The van der Waals surface area contributed by atoms with Crippen LogP contribution in [0.1, 0.15) is 47.4 Å². The van der Waals surface area contributed by atoms with Gasteiger partial charge in [0.1, 0.15) is 5.56 Å². The van der Waals surface area contributed by atoms with Crippen LogP contribution in [-0.4, -0.2) is 44.9 Å². The largest absolute Gasteiger partial charge is 0.477 e. The first-order valence-corrected chi connectivity index (χ1v) is 8.94. The molecule has 1 aromatic carbocycles. The summed E-state index contributed by atoms with van der Waals surface area (Å²) < 4.78 is 0. The third-order valence-electron chi connectivity index (χ3n) is 4.63. The van der Waals surface area contributed by atoms with Gasteiger partial charge in [-0.3, -0.25) is 14.6 Å². The Labute approximate surface area is 155 Å². The zero-order chi connectivity index (χ0) is 19.6. The van der Waals surface area contributed by atoms with Crippen LogP contribution in [0.2, 0.25) is 0 Å². The molecular formula is C20H21N3O4. The molecular weight excluding hydrogens is 346 g/mol. The van der Waals surface area contributed by atoms with Crippen LogP contribution in [0.4, 0.5) is 0 Å². The van der Waals surface area contributed by atoms with Crippen LogP contribution >= 0.6 is 0 Å². The molecule has 27 heavy (non-hydrogen) atoms. The van der Waals surface area contributed by atoms with Gasteiger partial charge in [-0.1, -0.05) is 19.4 Å². The van der Waals surface area contributed by atoms with Crippen LogP contribution in [0.25, 0.3) is 21.8 Å². The van der Waals surface area contributed by atoms with Crippen molar-refractivity contribution < 1.29 is 14.7 Å². The highest BCUT2D eigenvalue weighted by Crippen LogP contribution is 2.22. The van der Waals surface area contributed by atoms with Gasteiger partial charge in [0.25, 0.3) is 5.91 Å². The second-order valence-electron chi connectivity index (χ2n) is 6.36. The molecule has 0 radical (unpaired) electrons. The van der Waals surface area contributed by atoms with E-state index in [1.54, 1.807) is 23.1 Å². The van der Waals surface area contributed by atoms with Gasteiger partial charge in [0.15, 0.2) is 0 Å². The zero-order valence-corrected chi connectivity index (χ0v) is 15.3. The summed E-state index contributed by atoms with van der Waals surface area (Å²) in [7, 11) is 0. The maximum Gasteiger partial charge on any atom is 0.341 e. The van der Waals surface area contributed by atoms with E-state index in [1.807, 2.05) is 6.92 Å². The second-order valence-corrected chi connectivity index (χ2v) is 6.36. The Morgan fingerprint density at radius 3 is 2.70 bits per heavy atom. The van der Waals surface area contributed by atoms with Gasteiger partial charge in [0.05, 0.1) is 16.6 Å². The van der Waals surface area contributed by atoms with Crippen LogP contribution < -0.4 is 5.43 Å². The molecule has 0 atom stereocenters. The first kappa shape index (κ1) is 18.6. The number of carbonyl (C=O) groups excluding carboxylic acids is 1. The molecule has 0 bridgehead atoms. The van der Waals surface area contributed by atoms with Crippen LogP contribution in [0.5, 0.6) is 0 Å². The summed E-state index contributed by atoms with van der Waals surface area (Å²) >= 11 is 0. The van der Waals surface area contributed by atoms with Gasteiger partial charge in [-0.15, -0.1) is 0 Å². The van der Waals surface area contributed by atoms with Crippen molar-refractivity contribution in [1.29, 1.82) is 0 Å². The Morgan fingerprint density at radius 2 is 2.04 bits per heavy atom. The number of hydrogen-bond donors (Lipinski definition) is 2.